The predicted octanol–water partition coefficient (Wildman–Crippen LogP) is 2.20. The minimum absolute atomic E-state index is 0.0568. The molecule has 41 heavy (non-hydrogen) atoms. The fourth-order valence-corrected chi connectivity index (χ4v) is 5.30. The highest BCUT2D eigenvalue weighted by Gasteiger charge is 2.25. The number of H-pyrrole nitrogens is 2. The summed E-state index contributed by atoms with van der Waals surface area (Å²) in [5.74, 6) is -2.71. The van der Waals surface area contributed by atoms with E-state index in [9.17, 15) is 29.4 Å². The van der Waals surface area contributed by atoms with Gasteiger partial charge in [-0.1, -0.05) is 24.3 Å². The SMILES string of the molecule is NC(=O)c1c(CC(Cc2ccc(N)cc2)Cc2[nH]c3c(O)cccc3c(=O)c2C(N)=O)[nH]c2c(O)cccc2c1=O. The fourth-order valence-electron chi connectivity index (χ4n) is 5.30. The van der Waals surface area contributed by atoms with Gasteiger partial charge in [-0.05, 0) is 67.1 Å². The number of rotatable bonds is 8. The quantitative estimate of drug-likeness (QED) is 0.142. The molecule has 0 fully saturated rings. The number of fused-ring (bicyclic) bond motifs is 2. The number of carbonyl (C=O) groups is 2. The van der Waals surface area contributed by atoms with Crippen molar-refractivity contribution in [2.45, 2.75) is 19.3 Å². The number of hydrogen-bond acceptors (Lipinski definition) is 7. The van der Waals surface area contributed by atoms with Crippen LogP contribution in [-0.2, 0) is 19.3 Å². The van der Waals surface area contributed by atoms with Crippen LogP contribution < -0.4 is 28.1 Å². The fraction of sp³-hybridized carbons (Fsp3) is 0.133. The number of anilines is 1. The number of hydrogen-bond donors (Lipinski definition) is 7. The summed E-state index contributed by atoms with van der Waals surface area (Å²) in [6.45, 7) is 0. The van der Waals surface area contributed by atoms with Crippen LogP contribution >= 0.6 is 0 Å². The van der Waals surface area contributed by atoms with E-state index in [0.29, 0.717) is 12.1 Å². The molecule has 0 radical (unpaired) electrons. The van der Waals surface area contributed by atoms with Crippen LogP contribution in [0.25, 0.3) is 21.8 Å². The van der Waals surface area contributed by atoms with Crippen molar-refractivity contribution < 1.29 is 19.8 Å². The van der Waals surface area contributed by atoms with Crippen molar-refractivity contribution in [2.75, 3.05) is 5.73 Å². The summed E-state index contributed by atoms with van der Waals surface area (Å²) in [5, 5.41) is 21.0. The van der Waals surface area contributed by atoms with Gasteiger partial charge in [0, 0.05) is 17.1 Å². The van der Waals surface area contributed by atoms with Crippen molar-refractivity contribution in [1.29, 1.82) is 0 Å². The molecule has 0 aliphatic heterocycles. The van der Waals surface area contributed by atoms with Crippen LogP contribution in [0.3, 0.4) is 0 Å². The van der Waals surface area contributed by atoms with Crippen molar-refractivity contribution >= 4 is 39.3 Å². The maximum absolute atomic E-state index is 13.3. The third-order valence-corrected chi connectivity index (χ3v) is 7.17. The van der Waals surface area contributed by atoms with Crippen LogP contribution in [0, 0.1) is 5.92 Å². The highest BCUT2D eigenvalue weighted by molar-refractivity contribution is 5.99. The van der Waals surface area contributed by atoms with Crippen molar-refractivity contribution in [3.63, 3.8) is 0 Å². The summed E-state index contributed by atoms with van der Waals surface area (Å²) in [5.41, 5.74) is 17.4. The Labute approximate surface area is 232 Å². The lowest BCUT2D eigenvalue weighted by molar-refractivity contribution is 0.0990. The number of carbonyl (C=O) groups excluding carboxylic acids is 2. The number of nitrogens with one attached hydrogen (secondary N) is 2. The first kappa shape index (κ1) is 27.0. The number of aromatic amines is 2. The van der Waals surface area contributed by atoms with Gasteiger partial charge < -0.3 is 37.4 Å². The van der Waals surface area contributed by atoms with Gasteiger partial charge >= 0.3 is 0 Å². The highest BCUT2D eigenvalue weighted by atomic mass is 16.3. The first-order chi connectivity index (χ1) is 19.5. The smallest absolute Gasteiger partial charge is 0.254 e. The Kier molecular flexibility index (Phi) is 6.94. The highest BCUT2D eigenvalue weighted by Crippen LogP contribution is 2.27. The summed E-state index contributed by atoms with van der Waals surface area (Å²) in [6, 6.07) is 15.8. The largest absolute Gasteiger partial charge is 0.506 e. The minimum Gasteiger partial charge on any atom is -0.506 e. The third kappa shape index (κ3) is 5.08. The van der Waals surface area contributed by atoms with Crippen LogP contribution in [0.15, 0.2) is 70.3 Å². The number of para-hydroxylation sites is 2. The minimum atomic E-state index is -0.945. The molecule has 0 aliphatic carbocycles. The molecular formula is C30H27N5O6. The van der Waals surface area contributed by atoms with Crippen molar-refractivity contribution in [2.24, 2.45) is 17.4 Å². The van der Waals surface area contributed by atoms with Crippen molar-refractivity contribution in [3.05, 3.63) is 109 Å². The maximum atomic E-state index is 13.3. The van der Waals surface area contributed by atoms with Gasteiger partial charge in [0.05, 0.1) is 21.8 Å². The number of aromatic nitrogens is 2. The van der Waals surface area contributed by atoms with Gasteiger partial charge in [-0.15, -0.1) is 0 Å². The van der Waals surface area contributed by atoms with Gasteiger partial charge in [-0.25, -0.2) is 0 Å². The monoisotopic (exact) mass is 553 g/mol. The zero-order valence-electron chi connectivity index (χ0n) is 21.7. The zero-order chi connectivity index (χ0) is 29.4. The number of pyridine rings is 2. The van der Waals surface area contributed by atoms with Crippen LogP contribution in [0.1, 0.15) is 37.7 Å². The van der Waals surface area contributed by atoms with Gasteiger partial charge in [0.15, 0.2) is 0 Å². The Morgan fingerprint density at radius 2 is 1.12 bits per heavy atom. The maximum Gasteiger partial charge on any atom is 0.254 e. The van der Waals surface area contributed by atoms with Crippen LogP contribution in [0.2, 0.25) is 0 Å². The number of nitrogens with two attached hydrogens (primary N) is 3. The molecule has 0 spiro atoms. The Balaban J connectivity index is 1.68. The van der Waals surface area contributed by atoms with Gasteiger partial charge in [0.2, 0.25) is 10.9 Å². The molecule has 10 N–H and O–H groups in total. The molecule has 0 aliphatic rings. The number of benzene rings is 3. The van der Waals surface area contributed by atoms with Crippen molar-refractivity contribution in [3.8, 4) is 11.5 Å². The molecule has 5 aromatic rings. The van der Waals surface area contributed by atoms with E-state index in [4.69, 9.17) is 17.2 Å². The first-order valence-corrected chi connectivity index (χ1v) is 12.7. The second-order valence-electron chi connectivity index (χ2n) is 9.96. The second kappa shape index (κ2) is 10.5. The zero-order valence-corrected chi connectivity index (χ0v) is 21.7. The number of amides is 2. The molecule has 2 aromatic heterocycles. The molecule has 5 rings (SSSR count). The lowest BCUT2D eigenvalue weighted by Crippen LogP contribution is -2.29. The Morgan fingerprint density at radius 1 is 0.683 bits per heavy atom. The number of nitrogen functional groups attached to an aromatic ring is 1. The summed E-state index contributed by atoms with van der Waals surface area (Å²) < 4.78 is 0. The molecule has 0 bridgehead atoms. The molecule has 208 valence electrons. The molecule has 0 unspecified atom stereocenters. The average Bonchev–Trinajstić information content (AvgIpc) is 2.91. The average molecular weight is 554 g/mol. The van der Waals surface area contributed by atoms with Gasteiger partial charge in [-0.3, -0.25) is 19.2 Å². The predicted molar refractivity (Wildman–Crippen MR) is 155 cm³/mol. The topological polar surface area (TPSA) is 218 Å². The number of aromatic hydroxyl groups is 2. The molecule has 0 atom stereocenters. The molecule has 11 heteroatoms. The first-order valence-electron chi connectivity index (χ1n) is 12.7. The molecule has 2 heterocycles. The van der Waals surface area contributed by atoms with E-state index in [0.717, 1.165) is 5.56 Å². The lowest BCUT2D eigenvalue weighted by atomic mass is 9.87. The van der Waals surface area contributed by atoms with Crippen LogP contribution in [-0.4, -0.2) is 32.0 Å². The van der Waals surface area contributed by atoms with E-state index in [1.165, 1.54) is 36.4 Å². The number of phenols is 2. The van der Waals surface area contributed by atoms with E-state index in [2.05, 4.69) is 9.97 Å². The van der Waals surface area contributed by atoms with E-state index < -0.39 is 28.6 Å². The van der Waals surface area contributed by atoms with Gasteiger partial charge in [0.25, 0.3) is 11.8 Å². The Bertz CT molecular complexity index is 1840. The normalized spacial score (nSPS) is 11.3. The molecular weight excluding hydrogens is 526 g/mol. The molecule has 0 saturated carbocycles. The van der Waals surface area contributed by atoms with E-state index >= 15 is 0 Å². The summed E-state index contributed by atoms with van der Waals surface area (Å²) in [4.78, 5) is 57.5. The molecule has 0 saturated heterocycles. The second-order valence-corrected chi connectivity index (χ2v) is 9.96. The number of primary amides is 2. The summed E-state index contributed by atoms with van der Waals surface area (Å²) in [6.07, 6.45) is 0.473. The molecule has 11 nitrogen and oxygen atoms in total. The summed E-state index contributed by atoms with van der Waals surface area (Å²) >= 11 is 0. The van der Waals surface area contributed by atoms with Crippen molar-refractivity contribution in [1.82, 2.24) is 9.97 Å². The molecule has 3 aromatic carbocycles. The Morgan fingerprint density at radius 3 is 1.54 bits per heavy atom. The van der Waals surface area contributed by atoms with E-state index in [1.807, 2.05) is 12.1 Å². The Hall–Kier alpha value is -5.58. The van der Waals surface area contributed by atoms with Gasteiger partial charge in [-0.2, -0.15) is 0 Å². The summed E-state index contributed by atoms with van der Waals surface area (Å²) in [7, 11) is 0. The standard InChI is InChI=1S/C30H27N5O6/c31-16-9-7-14(8-10-16)11-15(12-19-23(29(32)40)27(38)17-3-1-5-21(36)25(17)34-19)13-20-24(30(33)41)28(39)18-4-2-6-22(37)26(18)35-20/h1-10,15,36-37H,11-13,31H2,(H2,32,40)(H2,33,41)(H,34,38)(H,35,39). The third-order valence-electron chi connectivity index (χ3n) is 7.17. The van der Waals surface area contributed by atoms with E-state index in [-0.39, 0.29) is 68.7 Å². The van der Waals surface area contributed by atoms with E-state index in [1.54, 1.807) is 12.1 Å². The number of phenolic OH excluding ortho intramolecular Hbond substituents is 2. The lowest BCUT2D eigenvalue weighted by Gasteiger charge is -2.21. The van der Waals surface area contributed by atoms with Gasteiger partial charge in [0.1, 0.15) is 22.6 Å². The van der Waals surface area contributed by atoms with Crippen LogP contribution in [0.4, 0.5) is 5.69 Å². The van der Waals surface area contributed by atoms with Crippen LogP contribution in [0.5, 0.6) is 11.5 Å². The molecule has 2 amide bonds.